The zero-order valence-electron chi connectivity index (χ0n) is 9.18. The minimum Gasteiger partial charge on any atom is -0.478 e. The molecule has 1 aromatic rings. The van der Waals surface area contributed by atoms with Crippen molar-refractivity contribution in [2.75, 3.05) is 11.9 Å². The molecule has 5 heteroatoms. The first-order valence-corrected chi connectivity index (χ1v) is 5.20. The molecule has 0 bridgehead atoms. The van der Waals surface area contributed by atoms with Crippen LogP contribution in [-0.2, 0) is 0 Å². The zero-order chi connectivity index (χ0) is 12.0. The van der Waals surface area contributed by atoms with Crippen LogP contribution in [0.2, 0.25) is 0 Å². The fourth-order valence-electron chi connectivity index (χ4n) is 1.34. The first-order valence-electron chi connectivity index (χ1n) is 5.20. The number of carbonyl (C=O) groups is 1. The van der Waals surface area contributed by atoms with Crippen LogP contribution in [-0.4, -0.2) is 33.8 Å². The third-order valence-corrected chi connectivity index (χ3v) is 2.17. The van der Waals surface area contributed by atoms with Gasteiger partial charge in [-0.15, -0.1) is 0 Å². The molecule has 5 nitrogen and oxygen atoms in total. The van der Waals surface area contributed by atoms with E-state index < -0.39 is 5.97 Å². The number of rotatable bonds is 6. The summed E-state index contributed by atoms with van der Waals surface area (Å²) < 4.78 is 0. The fourth-order valence-corrected chi connectivity index (χ4v) is 1.34. The van der Waals surface area contributed by atoms with Crippen molar-refractivity contribution in [2.45, 2.75) is 25.9 Å². The number of nitrogens with one attached hydrogen (secondary N) is 1. The second kappa shape index (κ2) is 6.07. The Morgan fingerprint density at radius 2 is 2.38 bits per heavy atom. The Morgan fingerprint density at radius 1 is 1.62 bits per heavy atom. The van der Waals surface area contributed by atoms with Gasteiger partial charge in [0.15, 0.2) is 0 Å². The largest absolute Gasteiger partial charge is 0.478 e. The SMILES string of the molecule is CC(O)CCCNc1ccncc1C(=O)O. The van der Waals surface area contributed by atoms with Gasteiger partial charge in [-0.2, -0.15) is 0 Å². The van der Waals surface area contributed by atoms with Crippen LogP contribution in [0.1, 0.15) is 30.1 Å². The minimum absolute atomic E-state index is 0.166. The Hall–Kier alpha value is -1.62. The Balaban J connectivity index is 2.50. The lowest BCUT2D eigenvalue weighted by molar-refractivity contribution is 0.0697. The molecule has 88 valence electrons. The predicted octanol–water partition coefficient (Wildman–Crippen LogP) is 1.35. The van der Waals surface area contributed by atoms with Gasteiger partial charge in [-0.3, -0.25) is 4.98 Å². The Bertz CT molecular complexity index is 353. The van der Waals surface area contributed by atoms with Gasteiger partial charge in [0, 0.05) is 18.9 Å². The van der Waals surface area contributed by atoms with E-state index >= 15 is 0 Å². The highest BCUT2D eigenvalue weighted by molar-refractivity contribution is 5.93. The van der Waals surface area contributed by atoms with E-state index in [1.54, 1.807) is 19.2 Å². The number of hydrogen-bond donors (Lipinski definition) is 3. The third-order valence-electron chi connectivity index (χ3n) is 2.17. The molecule has 0 spiro atoms. The number of pyridine rings is 1. The van der Waals surface area contributed by atoms with E-state index in [4.69, 9.17) is 10.2 Å². The minimum atomic E-state index is -0.994. The summed E-state index contributed by atoms with van der Waals surface area (Å²) in [4.78, 5) is 14.6. The Labute approximate surface area is 94.1 Å². The number of aliphatic hydroxyl groups is 1. The molecule has 3 N–H and O–H groups in total. The lowest BCUT2D eigenvalue weighted by Gasteiger charge is -2.09. The highest BCUT2D eigenvalue weighted by Crippen LogP contribution is 2.13. The molecule has 1 aromatic heterocycles. The average molecular weight is 224 g/mol. The van der Waals surface area contributed by atoms with Crippen LogP contribution in [0.25, 0.3) is 0 Å². The van der Waals surface area contributed by atoms with Gasteiger partial charge >= 0.3 is 5.97 Å². The van der Waals surface area contributed by atoms with Gasteiger partial charge in [0.25, 0.3) is 0 Å². The smallest absolute Gasteiger partial charge is 0.339 e. The van der Waals surface area contributed by atoms with E-state index in [2.05, 4.69) is 10.3 Å². The second-order valence-corrected chi connectivity index (χ2v) is 3.64. The van der Waals surface area contributed by atoms with Crippen LogP contribution in [0.5, 0.6) is 0 Å². The molecular formula is C11H16N2O3. The van der Waals surface area contributed by atoms with Crippen molar-refractivity contribution in [2.24, 2.45) is 0 Å². The van der Waals surface area contributed by atoms with Crippen molar-refractivity contribution in [3.8, 4) is 0 Å². The molecule has 16 heavy (non-hydrogen) atoms. The second-order valence-electron chi connectivity index (χ2n) is 3.64. The van der Waals surface area contributed by atoms with Crippen LogP contribution in [0.3, 0.4) is 0 Å². The van der Waals surface area contributed by atoms with Gasteiger partial charge in [0.05, 0.1) is 11.8 Å². The van der Waals surface area contributed by atoms with Crippen LogP contribution in [0.4, 0.5) is 5.69 Å². The molecule has 1 rings (SSSR count). The summed E-state index contributed by atoms with van der Waals surface area (Å²) in [5.74, 6) is -0.994. The van der Waals surface area contributed by atoms with Gasteiger partial charge in [0.2, 0.25) is 0 Å². The summed E-state index contributed by atoms with van der Waals surface area (Å²) in [6.07, 6.45) is 4.03. The van der Waals surface area contributed by atoms with Crippen molar-refractivity contribution in [1.29, 1.82) is 0 Å². The molecule has 0 fully saturated rings. The lowest BCUT2D eigenvalue weighted by atomic mass is 10.2. The summed E-state index contributed by atoms with van der Waals surface area (Å²) in [5, 5.41) is 21.0. The van der Waals surface area contributed by atoms with E-state index in [1.165, 1.54) is 6.20 Å². The predicted molar refractivity (Wildman–Crippen MR) is 60.6 cm³/mol. The molecule has 0 aromatic carbocycles. The first kappa shape index (κ1) is 12.4. The summed E-state index contributed by atoms with van der Waals surface area (Å²) in [7, 11) is 0. The van der Waals surface area contributed by atoms with E-state index in [-0.39, 0.29) is 11.7 Å². The van der Waals surface area contributed by atoms with Crippen molar-refractivity contribution in [3.63, 3.8) is 0 Å². The van der Waals surface area contributed by atoms with E-state index in [1.807, 2.05) is 0 Å². The maximum atomic E-state index is 10.8. The fraction of sp³-hybridized carbons (Fsp3) is 0.455. The van der Waals surface area contributed by atoms with Gasteiger partial charge in [-0.05, 0) is 25.8 Å². The molecule has 0 radical (unpaired) electrons. The van der Waals surface area contributed by atoms with Crippen LogP contribution >= 0.6 is 0 Å². The molecule has 0 aliphatic carbocycles. The molecule has 1 unspecified atom stereocenters. The van der Waals surface area contributed by atoms with Crippen LogP contribution in [0, 0.1) is 0 Å². The van der Waals surface area contributed by atoms with Gasteiger partial charge in [-0.25, -0.2) is 4.79 Å². The third kappa shape index (κ3) is 3.86. The number of hydrogen-bond acceptors (Lipinski definition) is 4. The molecular weight excluding hydrogens is 208 g/mol. The number of carboxylic acids is 1. The summed E-state index contributed by atoms with van der Waals surface area (Å²) in [6, 6.07) is 1.63. The van der Waals surface area contributed by atoms with E-state index in [0.29, 0.717) is 18.7 Å². The zero-order valence-corrected chi connectivity index (χ0v) is 9.18. The lowest BCUT2D eigenvalue weighted by Crippen LogP contribution is -2.10. The van der Waals surface area contributed by atoms with E-state index in [9.17, 15) is 4.79 Å². The highest BCUT2D eigenvalue weighted by atomic mass is 16.4. The summed E-state index contributed by atoms with van der Waals surface area (Å²) >= 11 is 0. The van der Waals surface area contributed by atoms with Crippen LogP contribution in [0.15, 0.2) is 18.5 Å². The van der Waals surface area contributed by atoms with Crippen molar-refractivity contribution in [1.82, 2.24) is 4.98 Å². The number of aromatic carboxylic acids is 1. The quantitative estimate of drug-likeness (QED) is 0.635. The Kier molecular flexibility index (Phi) is 4.72. The average Bonchev–Trinajstić information content (AvgIpc) is 2.24. The van der Waals surface area contributed by atoms with Crippen molar-refractivity contribution in [3.05, 3.63) is 24.0 Å². The summed E-state index contributed by atoms with van der Waals surface area (Å²) in [6.45, 7) is 2.37. The van der Waals surface area contributed by atoms with Gasteiger partial charge in [0.1, 0.15) is 5.56 Å². The number of aliphatic hydroxyl groups excluding tert-OH is 1. The number of anilines is 1. The van der Waals surface area contributed by atoms with Crippen LogP contribution < -0.4 is 5.32 Å². The topological polar surface area (TPSA) is 82.5 Å². The molecule has 0 aliphatic heterocycles. The molecule has 0 saturated carbocycles. The number of nitrogens with zero attached hydrogens (tertiary/aromatic N) is 1. The molecule has 1 heterocycles. The molecule has 0 saturated heterocycles. The summed E-state index contributed by atoms with van der Waals surface area (Å²) in [5.41, 5.74) is 0.729. The maximum Gasteiger partial charge on any atom is 0.339 e. The highest BCUT2D eigenvalue weighted by Gasteiger charge is 2.08. The van der Waals surface area contributed by atoms with Gasteiger partial charge < -0.3 is 15.5 Å². The molecule has 0 amide bonds. The van der Waals surface area contributed by atoms with Gasteiger partial charge in [-0.1, -0.05) is 0 Å². The standard InChI is InChI=1S/C11H16N2O3/c1-8(14)3-2-5-13-10-4-6-12-7-9(10)11(15)16/h4,6-8,14H,2-3,5H2,1H3,(H,12,13)(H,15,16). The first-order chi connectivity index (χ1) is 7.61. The van der Waals surface area contributed by atoms with Crippen molar-refractivity contribution >= 4 is 11.7 Å². The molecule has 0 aliphatic rings. The monoisotopic (exact) mass is 224 g/mol. The van der Waals surface area contributed by atoms with E-state index in [0.717, 1.165) is 6.42 Å². The molecule has 1 atom stereocenters. The maximum absolute atomic E-state index is 10.8. The Morgan fingerprint density at radius 3 is 3.00 bits per heavy atom. The van der Waals surface area contributed by atoms with Crippen molar-refractivity contribution < 1.29 is 15.0 Å². The number of aromatic nitrogens is 1. The number of carboxylic acid groups (broad SMARTS) is 1. The normalized spacial score (nSPS) is 12.1.